The van der Waals surface area contributed by atoms with Gasteiger partial charge in [0, 0.05) is 55.4 Å². The van der Waals surface area contributed by atoms with Crippen molar-refractivity contribution in [3.05, 3.63) is 173 Å². The molecule has 2 aromatic carbocycles. The molecule has 5 atom stereocenters. The highest BCUT2D eigenvalue weighted by Crippen LogP contribution is 2.46. The quantitative estimate of drug-likeness (QED) is 0.0376. The maximum Gasteiger partial charge on any atom is 0.449 e. The number of aryl methyl sites for hydroxylation is 1. The lowest BCUT2D eigenvalue weighted by Gasteiger charge is -2.41. The van der Waals surface area contributed by atoms with E-state index in [9.17, 15) is 53.9 Å². The van der Waals surface area contributed by atoms with Gasteiger partial charge in [-0.2, -0.15) is 68.6 Å². The zero-order valence-electron chi connectivity index (χ0n) is 44.8. The zero-order chi connectivity index (χ0) is 61.1. The van der Waals surface area contributed by atoms with E-state index in [1.54, 1.807) is 23.1 Å². The number of hydrogen-bond donors (Lipinski definition) is 5. The van der Waals surface area contributed by atoms with Crippen LogP contribution in [0.5, 0.6) is 0 Å². The first-order valence-corrected chi connectivity index (χ1v) is 26.7. The Morgan fingerprint density at radius 3 is 1.85 bits per heavy atom. The van der Waals surface area contributed by atoms with Crippen molar-refractivity contribution in [2.45, 2.75) is 102 Å². The number of ether oxygens (including phenoxy) is 1. The number of hydrogen-bond acceptors (Lipinski definition) is 16. The van der Waals surface area contributed by atoms with Gasteiger partial charge in [-0.05, 0) is 66.3 Å². The molecule has 0 amide bonds. The van der Waals surface area contributed by atoms with E-state index in [0.29, 0.717) is 12.0 Å². The van der Waals surface area contributed by atoms with Crippen LogP contribution in [0.2, 0.25) is 5.28 Å². The van der Waals surface area contributed by atoms with Gasteiger partial charge < -0.3 is 45.4 Å². The first kappa shape index (κ1) is 58.8. The molecular formula is C52H48ClF11N18O4. The van der Waals surface area contributed by atoms with Crippen LogP contribution in [0.3, 0.4) is 0 Å². The van der Waals surface area contributed by atoms with Crippen molar-refractivity contribution >= 4 is 46.1 Å². The van der Waals surface area contributed by atoms with Crippen LogP contribution in [0.4, 0.5) is 82.8 Å². The van der Waals surface area contributed by atoms with Gasteiger partial charge in [0.15, 0.2) is 17.5 Å². The first-order valence-electron chi connectivity index (χ1n) is 26.3. The highest BCUT2D eigenvalue weighted by Gasteiger charge is 2.48. The van der Waals surface area contributed by atoms with Crippen LogP contribution in [0, 0.1) is 0 Å². The van der Waals surface area contributed by atoms with Crippen molar-refractivity contribution < 1.29 is 53.0 Å². The zero-order valence-corrected chi connectivity index (χ0v) is 45.5. The van der Waals surface area contributed by atoms with Gasteiger partial charge in [0.05, 0.1) is 61.7 Å². The van der Waals surface area contributed by atoms with Crippen molar-refractivity contribution in [3.63, 3.8) is 0 Å². The summed E-state index contributed by atoms with van der Waals surface area (Å²) in [5.74, 6) is -2.52. The summed E-state index contributed by atoms with van der Waals surface area (Å²) in [5, 5.41) is 21.9. The van der Waals surface area contributed by atoms with Gasteiger partial charge in [-0.15, -0.1) is 0 Å². The minimum atomic E-state index is -5.30. The van der Waals surface area contributed by atoms with Gasteiger partial charge in [-0.3, -0.25) is 33.0 Å². The average Bonchev–Trinajstić information content (AvgIpc) is 1.67. The average molecular weight is 1230 g/mol. The molecule has 0 aliphatic carbocycles. The molecule has 34 heteroatoms. The van der Waals surface area contributed by atoms with E-state index in [4.69, 9.17) is 16.3 Å². The molecule has 454 valence electrons. The second-order valence-corrected chi connectivity index (χ2v) is 20.7. The largest absolute Gasteiger partial charge is 0.449 e. The van der Waals surface area contributed by atoms with E-state index in [1.165, 1.54) is 78.8 Å². The smallest absolute Gasteiger partial charge is 0.354 e. The molecule has 6 aromatic heterocycles. The third-order valence-corrected chi connectivity index (χ3v) is 14.9. The van der Waals surface area contributed by atoms with E-state index in [0.717, 1.165) is 35.5 Å². The number of nitrogens with one attached hydrogen (secondary N) is 5. The molecule has 5 unspecified atom stereocenters. The van der Waals surface area contributed by atoms with E-state index >= 15 is 8.78 Å². The van der Waals surface area contributed by atoms with Crippen LogP contribution < -0.4 is 47.3 Å². The molecule has 11 rings (SSSR count). The van der Waals surface area contributed by atoms with E-state index in [-0.39, 0.29) is 89.6 Å². The second-order valence-electron chi connectivity index (χ2n) is 20.4. The van der Waals surface area contributed by atoms with Crippen molar-refractivity contribution in [1.82, 2.24) is 58.8 Å². The number of rotatable bonds is 19. The fourth-order valence-electron chi connectivity index (χ4n) is 10.9. The highest BCUT2D eigenvalue weighted by molar-refractivity contribution is 6.28. The predicted octanol–water partition coefficient (Wildman–Crippen LogP) is 8.70. The van der Waals surface area contributed by atoms with Crippen LogP contribution >= 0.6 is 11.6 Å². The SMILES string of the molecule is CCCn1c(Cl)nc2c(c1=O)NC(c1cnn(C)c1)N2CCCC(C(CN1c2nc[nH]c(=O)c2NC1c1cnn(Cc2cccc(C(F)(F)F)c2)c1)OC(F)F)N1c2nc(C(F)(F)F)[nH]c(=O)c2NC1c1cnn(Cc2cccc(C(F)(F)F)c2)c1. The number of nitrogens with zero attached hydrogens (tertiary/aromatic N) is 13. The number of aromatic amines is 2. The van der Waals surface area contributed by atoms with Gasteiger partial charge >= 0.3 is 25.1 Å². The molecule has 8 aromatic rings. The van der Waals surface area contributed by atoms with Gasteiger partial charge in [-0.25, -0.2) is 9.97 Å². The Labute approximate surface area is 482 Å². The summed E-state index contributed by atoms with van der Waals surface area (Å²) in [6.07, 6.45) is -10.7. The maximum atomic E-state index is 15.5. The number of anilines is 6. The van der Waals surface area contributed by atoms with Crippen molar-refractivity contribution in [1.29, 1.82) is 0 Å². The van der Waals surface area contributed by atoms with Gasteiger partial charge in [0.1, 0.15) is 41.7 Å². The van der Waals surface area contributed by atoms with Crippen molar-refractivity contribution in [3.8, 4) is 0 Å². The minimum Gasteiger partial charge on any atom is -0.354 e. The molecule has 0 radical (unpaired) electrons. The minimum absolute atomic E-state index is 0.0488. The summed E-state index contributed by atoms with van der Waals surface area (Å²) < 4.78 is 169. The normalized spacial score (nSPS) is 17.4. The van der Waals surface area contributed by atoms with E-state index in [2.05, 4.69) is 51.2 Å². The molecule has 0 fully saturated rings. The van der Waals surface area contributed by atoms with E-state index in [1.807, 2.05) is 6.92 Å². The number of benzene rings is 2. The van der Waals surface area contributed by atoms with E-state index < -0.39 is 107 Å². The Hall–Kier alpha value is -9.01. The molecule has 0 bridgehead atoms. The Morgan fingerprint density at radius 1 is 0.674 bits per heavy atom. The molecular weight excluding hydrogens is 1190 g/mol. The van der Waals surface area contributed by atoms with Crippen LogP contribution in [0.15, 0.2) is 106 Å². The number of aromatic nitrogens is 12. The molecule has 3 aliphatic heterocycles. The highest BCUT2D eigenvalue weighted by atomic mass is 35.5. The summed E-state index contributed by atoms with van der Waals surface area (Å²) in [5.41, 5.74) is -4.01. The van der Waals surface area contributed by atoms with Crippen LogP contribution in [0.1, 0.15) is 89.5 Å². The van der Waals surface area contributed by atoms with Gasteiger partial charge in [0.25, 0.3) is 16.7 Å². The topological polar surface area (TPSA) is 235 Å². The lowest BCUT2D eigenvalue weighted by atomic mass is 10.00. The summed E-state index contributed by atoms with van der Waals surface area (Å²) in [4.78, 5) is 62.7. The Morgan fingerprint density at radius 2 is 1.26 bits per heavy atom. The Bertz CT molecular complexity index is 3990. The summed E-state index contributed by atoms with van der Waals surface area (Å²) in [6.45, 7) is -2.91. The van der Waals surface area contributed by atoms with Gasteiger partial charge in [0.2, 0.25) is 11.1 Å². The Balaban J connectivity index is 1.03. The van der Waals surface area contributed by atoms with Crippen molar-refractivity contribution in [2.24, 2.45) is 7.05 Å². The number of H-pyrrole nitrogens is 2. The molecule has 22 nitrogen and oxygen atoms in total. The standard InChI is InChI=1S/C52H48ClF11N18O4/c1-3-12-80-46(85)37-42(74-48(80)53)79(38(72-37)28-16-67-76(2)21-28)13-6-11-33(82-40(71-36-43(82)73-47(52(62,63)64)75-45(36)84)30-18-69-78(23-30)20-27-8-5-10-32(15-27)51(59,60)61)34(86-49(54)55)24-81-39(70-35-41(81)65-25-66-44(35)83)29-17-68-77(22-29)19-26-7-4-9-31(14-26)50(56,57)58/h4-5,7-10,14-18,21-23,25,33-34,38-40,49,70-72H,3,6,11-13,19-20,24H2,1-2H3,(H,65,66,83)(H,73,75,84). The number of alkyl halides is 11. The molecule has 3 aliphatic rings. The van der Waals surface area contributed by atoms with Gasteiger partial charge in [-0.1, -0.05) is 31.2 Å². The number of halogens is 12. The maximum absolute atomic E-state index is 15.5. The Kier molecular flexibility index (Phi) is 15.6. The summed E-state index contributed by atoms with van der Waals surface area (Å²) in [6, 6.07) is 7.19. The lowest BCUT2D eigenvalue weighted by molar-refractivity contribution is -0.166. The van der Waals surface area contributed by atoms with Crippen LogP contribution in [0.25, 0.3) is 0 Å². The molecule has 9 heterocycles. The monoisotopic (exact) mass is 1230 g/mol. The third kappa shape index (κ3) is 11.7. The number of fused-ring (bicyclic) bond motifs is 3. The lowest BCUT2D eigenvalue weighted by Crippen LogP contribution is -2.52. The molecule has 0 spiro atoms. The van der Waals surface area contributed by atoms with Crippen molar-refractivity contribution in [2.75, 3.05) is 43.7 Å². The molecule has 86 heavy (non-hydrogen) atoms. The van der Waals surface area contributed by atoms with Crippen LogP contribution in [-0.4, -0.2) is 90.7 Å². The first-order chi connectivity index (χ1) is 40.8. The summed E-state index contributed by atoms with van der Waals surface area (Å²) in [7, 11) is 1.65. The molecule has 0 saturated carbocycles. The third-order valence-electron chi connectivity index (χ3n) is 14.6. The van der Waals surface area contributed by atoms with Crippen LogP contribution in [-0.2, 0) is 49.9 Å². The molecule has 5 N–H and O–H groups in total. The molecule has 0 saturated heterocycles. The fourth-order valence-corrected chi connectivity index (χ4v) is 11.1. The fraction of sp³-hybridized carbons (Fsp3) is 0.365. The summed E-state index contributed by atoms with van der Waals surface area (Å²) >= 11 is 6.64. The second kappa shape index (κ2) is 22.8. The predicted molar refractivity (Wildman–Crippen MR) is 287 cm³/mol.